The second kappa shape index (κ2) is 3.90. The van der Waals surface area contributed by atoms with E-state index < -0.39 is 25.6 Å². The molecule has 0 atom stereocenters. The summed E-state index contributed by atoms with van der Waals surface area (Å²) in [6.07, 6.45) is 0. The summed E-state index contributed by atoms with van der Waals surface area (Å²) < 4.78 is 35.7. The van der Waals surface area contributed by atoms with Crippen molar-refractivity contribution in [3.05, 3.63) is 0 Å². The minimum Gasteiger partial charge on any atom is -0.259 e. The third-order valence-electron chi connectivity index (χ3n) is 2.25. The molecule has 1 aliphatic rings. The van der Waals surface area contributed by atoms with Gasteiger partial charge in [0.2, 0.25) is 10.0 Å². The lowest BCUT2D eigenvalue weighted by Gasteiger charge is -2.31. The highest BCUT2D eigenvalue weighted by molar-refractivity contribution is 7.90. The van der Waals surface area contributed by atoms with Gasteiger partial charge < -0.3 is 0 Å². The van der Waals surface area contributed by atoms with E-state index >= 15 is 0 Å². The molecule has 0 saturated carbocycles. The van der Waals surface area contributed by atoms with Crippen molar-refractivity contribution in [2.24, 2.45) is 0 Å². The van der Waals surface area contributed by atoms with Crippen LogP contribution in [-0.4, -0.2) is 46.3 Å². The number of hydrogen-bond acceptors (Lipinski definition) is 3. The minimum absolute atomic E-state index is 0.395. The van der Waals surface area contributed by atoms with Crippen LogP contribution in [0.1, 0.15) is 20.8 Å². The predicted octanol–water partition coefficient (Wildman–Crippen LogP) is 0.179. The van der Waals surface area contributed by atoms with Gasteiger partial charge in [0.15, 0.2) is 0 Å². The van der Waals surface area contributed by atoms with Crippen molar-refractivity contribution >= 4 is 20.8 Å². The molecule has 0 aromatic rings. The van der Waals surface area contributed by atoms with Gasteiger partial charge in [-0.1, -0.05) is 0 Å². The molecule has 1 heterocycles. The van der Waals surface area contributed by atoms with Crippen LogP contribution in [0.15, 0.2) is 0 Å². The van der Waals surface area contributed by atoms with Crippen LogP contribution in [0.25, 0.3) is 0 Å². The summed E-state index contributed by atoms with van der Waals surface area (Å²) in [4.78, 5) is 0. The van der Waals surface area contributed by atoms with Gasteiger partial charge in [-0.15, -0.1) is 0 Å². The van der Waals surface area contributed by atoms with E-state index in [2.05, 4.69) is 0 Å². The third kappa shape index (κ3) is 2.35. The van der Waals surface area contributed by atoms with Gasteiger partial charge in [0.25, 0.3) is 0 Å². The van der Waals surface area contributed by atoms with E-state index in [9.17, 15) is 12.6 Å². The molecule has 0 spiro atoms. The van der Waals surface area contributed by atoms with Crippen LogP contribution in [0.4, 0.5) is 0 Å². The first-order valence-electron chi connectivity index (χ1n) is 4.60. The Morgan fingerprint density at radius 1 is 1.14 bits per heavy atom. The van der Waals surface area contributed by atoms with E-state index in [0.29, 0.717) is 24.6 Å². The van der Waals surface area contributed by atoms with Crippen molar-refractivity contribution in [3.8, 4) is 0 Å². The van der Waals surface area contributed by atoms with Crippen LogP contribution in [0, 0.1) is 0 Å². The lowest BCUT2D eigenvalue weighted by Crippen LogP contribution is -2.48. The highest BCUT2D eigenvalue weighted by Crippen LogP contribution is 2.21. The maximum absolute atomic E-state index is 11.9. The Bertz CT molecular complexity index is 319. The quantitative estimate of drug-likeness (QED) is 0.656. The molecule has 0 bridgehead atoms. The molecule has 0 amide bonds. The van der Waals surface area contributed by atoms with Crippen molar-refractivity contribution in [2.45, 2.75) is 25.5 Å². The van der Waals surface area contributed by atoms with Crippen molar-refractivity contribution in [1.82, 2.24) is 4.31 Å². The Morgan fingerprint density at radius 2 is 1.57 bits per heavy atom. The smallest absolute Gasteiger partial charge is 0.219 e. The van der Waals surface area contributed by atoms with Gasteiger partial charge >= 0.3 is 0 Å². The molecule has 0 aromatic heterocycles. The van der Waals surface area contributed by atoms with Gasteiger partial charge in [-0.2, -0.15) is 4.31 Å². The van der Waals surface area contributed by atoms with Gasteiger partial charge in [-0.05, 0) is 20.8 Å². The predicted molar refractivity (Wildman–Crippen MR) is 58.1 cm³/mol. The monoisotopic (exact) mass is 239 g/mol. The first kappa shape index (κ1) is 12.1. The van der Waals surface area contributed by atoms with E-state index in [1.165, 1.54) is 4.31 Å². The molecule has 1 saturated heterocycles. The minimum atomic E-state index is -3.22. The molecular weight excluding hydrogens is 222 g/mol. The zero-order chi connectivity index (χ0) is 11.0. The Labute approximate surface area is 88.2 Å². The molecule has 4 nitrogen and oxygen atoms in total. The Hall–Kier alpha value is 0.0600. The van der Waals surface area contributed by atoms with Crippen LogP contribution >= 0.6 is 0 Å². The van der Waals surface area contributed by atoms with Crippen LogP contribution in [0.5, 0.6) is 0 Å². The van der Waals surface area contributed by atoms with E-state index in [0.717, 1.165) is 0 Å². The van der Waals surface area contributed by atoms with E-state index in [1.54, 1.807) is 20.8 Å². The van der Waals surface area contributed by atoms with Gasteiger partial charge in [-0.25, -0.2) is 8.42 Å². The molecule has 0 radical (unpaired) electrons. The number of hydrogen-bond donors (Lipinski definition) is 0. The van der Waals surface area contributed by atoms with Crippen molar-refractivity contribution in [3.63, 3.8) is 0 Å². The molecule has 14 heavy (non-hydrogen) atoms. The highest BCUT2D eigenvalue weighted by Gasteiger charge is 2.36. The fourth-order valence-corrected chi connectivity index (χ4v) is 3.97. The molecule has 1 rings (SSSR count). The summed E-state index contributed by atoms with van der Waals surface area (Å²) in [5.41, 5.74) is 0. The van der Waals surface area contributed by atoms with Gasteiger partial charge in [-0.3, -0.25) is 4.21 Å². The lowest BCUT2D eigenvalue weighted by molar-refractivity contribution is 0.418. The van der Waals surface area contributed by atoms with Crippen LogP contribution < -0.4 is 0 Å². The van der Waals surface area contributed by atoms with E-state index in [4.69, 9.17) is 0 Å². The topological polar surface area (TPSA) is 54.5 Å². The fourth-order valence-electron chi connectivity index (χ4n) is 1.25. The Morgan fingerprint density at radius 3 is 1.93 bits per heavy atom. The Kier molecular flexibility index (Phi) is 3.38. The Balaban J connectivity index is 2.81. The molecule has 0 aliphatic carbocycles. The maximum atomic E-state index is 11.9. The molecule has 84 valence electrons. The van der Waals surface area contributed by atoms with Crippen molar-refractivity contribution < 1.29 is 12.6 Å². The van der Waals surface area contributed by atoms with Gasteiger partial charge in [0, 0.05) is 35.4 Å². The van der Waals surface area contributed by atoms with Gasteiger partial charge in [0.05, 0.1) is 4.75 Å². The normalized spacial score (nSPS) is 22.5. The summed E-state index contributed by atoms with van der Waals surface area (Å²) in [6, 6.07) is 0. The standard InChI is InChI=1S/C8H17NO3S2/c1-8(2,3)14(11,12)9-4-6-13(10)7-5-9/h4-7H2,1-3H3. The number of nitrogens with zero attached hydrogens (tertiary/aromatic N) is 1. The summed E-state index contributed by atoms with van der Waals surface area (Å²) in [6.45, 7) is 5.86. The summed E-state index contributed by atoms with van der Waals surface area (Å²) >= 11 is 0. The molecular formula is C8H17NO3S2. The largest absolute Gasteiger partial charge is 0.259 e. The first-order chi connectivity index (χ1) is 6.25. The maximum Gasteiger partial charge on any atom is 0.219 e. The molecule has 0 unspecified atom stereocenters. The SMILES string of the molecule is CC(C)(C)S(=O)(=O)N1CCS(=O)CC1. The zero-order valence-electron chi connectivity index (χ0n) is 8.82. The van der Waals surface area contributed by atoms with Crippen LogP contribution in [-0.2, 0) is 20.8 Å². The second-order valence-corrected chi connectivity index (χ2v) is 8.75. The molecule has 0 aromatic carbocycles. The average Bonchev–Trinajstić information content (AvgIpc) is 2.03. The van der Waals surface area contributed by atoms with Gasteiger partial charge in [0.1, 0.15) is 0 Å². The molecule has 6 heteroatoms. The summed E-state index contributed by atoms with van der Waals surface area (Å²) in [7, 11) is -4.05. The van der Waals surface area contributed by atoms with Crippen LogP contribution in [0.2, 0.25) is 0 Å². The van der Waals surface area contributed by atoms with Crippen molar-refractivity contribution in [1.29, 1.82) is 0 Å². The first-order valence-corrected chi connectivity index (χ1v) is 7.52. The molecule has 1 aliphatic heterocycles. The average molecular weight is 239 g/mol. The highest BCUT2D eigenvalue weighted by atomic mass is 32.2. The summed E-state index contributed by atoms with van der Waals surface area (Å²) in [5, 5.41) is 0. The second-order valence-electron chi connectivity index (χ2n) is 4.36. The van der Waals surface area contributed by atoms with Crippen molar-refractivity contribution in [2.75, 3.05) is 24.6 Å². The van der Waals surface area contributed by atoms with E-state index in [-0.39, 0.29) is 0 Å². The molecule has 1 fully saturated rings. The van der Waals surface area contributed by atoms with E-state index in [1.807, 2.05) is 0 Å². The number of sulfonamides is 1. The lowest BCUT2D eigenvalue weighted by atomic mass is 10.3. The molecule has 0 N–H and O–H groups in total. The fraction of sp³-hybridized carbons (Fsp3) is 1.00. The van der Waals surface area contributed by atoms with Crippen LogP contribution in [0.3, 0.4) is 0 Å². The number of rotatable bonds is 1. The third-order valence-corrected chi connectivity index (χ3v) is 6.12. The zero-order valence-corrected chi connectivity index (χ0v) is 10.4. The summed E-state index contributed by atoms with van der Waals surface area (Å²) in [5.74, 6) is 0.935.